The molecule has 0 radical (unpaired) electrons. The summed E-state index contributed by atoms with van der Waals surface area (Å²) in [5, 5.41) is 26.0. The van der Waals surface area contributed by atoms with Gasteiger partial charge in [0.1, 0.15) is 19.0 Å². The number of aliphatic hydroxyl groups excluding tert-OH is 2. The van der Waals surface area contributed by atoms with Crippen LogP contribution in [0, 0.1) is 0 Å². The monoisotopic (exact) mass is 861 g/mol. The summed E-state index contributed by atoms with van der Waals surface area (Å²) in [6.45, 7) is 3.49. The second-order valence-electron chi connectivity index (χ2n) is 12.9. The van der Waals surface area contributed by atoms with Gasteiger partial charge in [0.15, 0.2) is 22.8 Å². The molecule has 4 aliphatic heterocycles. The number of methoxy groups -OCH3 is 2. The van der Waals surface area contributed by atoms with Crippen LogP contribution in [0.1, 0.15) is 91.9 Å². The number of carbonyl (C=O) groups excluding carboxylic acids is 2. The zero-order valence-corrected chi connectivity index (χ0v) is 34.4. The van der Waals surface area contributed by atoms with Gasteiger partial charge in [0.25, 0.3) is 11.4 Å². The van der Waals surface area contributed by atoms with E-state index in [1.807, 2.05) is 0 Å². The minimum Gasteiger partial charge on any atom is -0.870 e. The summed E-state index contributed by atoms with van der Waals surface area (Å²) in [5.41, 5.74) is -3.48. The van der Waals surface area contributed by atoms with Gasteiger partial charge < -0.3 is 54.7 Å². The number of carboxylic acid groups (broad SMARTS) is 1. The largest absolute Gasteiger partial charge is 1.00 e. The van der Waals surface area contributed by atoms with E-state index in [0.29, 0.717) is 43.4 Å². The number of rotatable bonds is 14. The third kappa shape index (κ3) is 24.7. The Morgan fingerprint density at radius 3 is 1.32 bits per heavy atom. The van der Waals surface area contributed by atoms with Gasteiger partial charge in [-0.25, -0.2) is 13.6 Å². The van der Waals surface area contributed by atoms with E-state index in [9.17, 15) is 34.8 Å². The van der Waals surface area contributed by atoms with Crippen LogP contribution in [-0.2, 0) is 42.8 Å². The zero-order valence-electron chi connectivity index (χ0n) is 33.5. The third-order valence-corrected chi connectivity index (χ3v) is 9.98. The summed E-state index contributed by atoms with van der Waals surface area (Å²) in [6.07, 6.45) is 9.16. The average Bonchev–Trinajstić information content (AvgIpc) is 3.70. The number of aliphatic carboxylic acids is 1. The van der Waals surface area contributed by atoms with Gasteiger partial charge in [-0.15, -0.1) is 11.7 Å². The summed E-state index contributed by atoms with van der Waals surface area (Å²) in [5.74, 6) is -1.42. The van der Waals surface area contributed by atoms with E-state index in [0.717, 1.165) is 58.0 Å². The Morgan fingerprint density at radius 1 is 0.737 bits per heavy atom. The van der Waals surface area contributed by atoms with Crippen molar-refractivity contribution >= 4 is 28.9 Å². The summed E-state index contributed by atoms with van der Waals surface area (Å²) < 4.78 is 91.5. The number of carboxylic acids is 1. The molecular formula is C35H69F5LiNO14S. The molecule has 340 valence electrons. The summed E-state index contributed by atoms with van der Waals surface area (Å²) >= 11 is -5.14. The molecule has 0 bridgehead atoms. The minimum atomic E-state index is -5.14. The van der Waals surface area contributed by atoms with Crippen molar-refractivity contribution in [2.45, 2.75) is 115 Å². The zero-order chi connectivity index (χ0) is 40.4. The van der Waals surface area contributed by atoms with Crippen LogP contribution in [0.15, 0.2) is 0 Å². The summed E-state index contributed by atoms with van der Waals surface area (Å²) in [6, 6.07) is 0. The van der Waals surface area contributed by atoms with Crippen molar-refractivity contribution in [3.63, 3.8) is 0 Å². The third-order valence-electron chi connectivity index (χ3n) is 9.03. The Labute approximate surface area is 349 Å². The number of aliphatic hydroxyl groups is 2. The van der Waals surface area contributed by atoms with Gasteiger partial charge in [-0.2, -0.15) is 4.31 Å². The molecule has 0 spiro atoms. The summed E-state index contributed by atoms with van der Waals surface area (Å²) in [4.78, 5) is 32.6. The number of halogens is 5. The van der Waals surface area contributed by atoms with Gasteiger partial charge in [-0.3, -0.25) is 9.59 Å². The summed E-state index contributed by atoms with van der Waals surface area (Å²) in [7, 11) is 2.75. The maximum atomic E-state index is 12.4. The van der Waals surface area contributed by atoms with Crippen LogP contribution < -0.4 is 18.9 Å². The Kier molecular flexibility index (Phi) is 40.8. The molecular weight excluding hydrogens is 792 g/mol. The Bertz CT molecular complexity index is 908. The second kappa shape index (κ2) is 35.7. The molecule has 0 aromatic carbocycles. The smallest absolute Gasteiger partial charge is 0.870 e. The van der Waals surface area contributed by atoms with E-state index < -0.39 is 47.5 Å². The van der Waals surface area contributed by atoms with Crippen LogP contribution >= 0.6 is 11.4 Å². The molecule has 4 rings (SSSR count). The standard InChI is InChI=1S/C8H13FO2.C8H14O3.C7H11FO3.C6H14F3NO2S.C5H10O2.CH4.Li.2H2O/c2*1-7(10)8(6-9)4-2-3-5-11-8;8-5-7(6(9)10)3-1-2-4-11-7;1-11-5-3-10(4-6-12-2)13(7,8)9;6-4-5-2-1-3-7-5;;;;/h2-6H2,1H3;9H,2-6H2,1H3;1-5H2,(H,9,10);3-6H2,1-2H3;5-6H,1-4H2;1H4;;2*1H2/q;;;;;;+1;;/p-1. The number of hydrogen-bond donors (Lipinski definition) is 3. The van der Waals surface area contributed by atoms with E-state index in [-0.39, 0.29) is 94.4 Å². The van der Waals surface area contributed by atoms with Gasteiger partial charge in [0.2, 0.25) is 0 Å². The minimum absolute atomic E-state index is 0. The predicted octanol–water partition coefficient (Wildman–Crippen LogP) is 1.72. The molecule has 4 atom stereocenters. The Balaban J connectivity index is -0.000000196. The van der Waals surface area contributed by atoms with Gasteiger partial charge in [-0.1, -0.05) is 7.43 Å². The number of hydrogen-bond acceptors (Lipinski definition) is 13. The quantitative estimate of drug-likeness (QED) is 0.167. The van der Waals surface area contributed by atoms with E-state index in [1.165, 1.54) is 28.1 Å². The number of carbonyl (C=O) groups is 3. The first-order valence-electron chi connectivity index (χ1n) is 17.9. The van der Waals surface area contributed by atoms with Crippen molar-refractivity contribution in [1.29, 1.82) is 0 Å². The molecule has 4 unspecified atom stereocenters. The SMILES string of the molecule is C.CC(=O)C1(CF)CCCCO1.CC(=O)C1(CO)CCCCO1.COCCN(CCOC)S(F)(F)F.O.O=C(O)C1(CF)CCCCO1.OCC1CCCO1.[Li+].[OH-]. The van der Waals surface area contributed by atoms with Crippen LogP contribution in [-0.4, -0.2) is 165 Å². The first kappa shape index (κ1) is 65.1. The fourth-order valence-corrected chi connectivity index (χ4v) is 5.94. The van der Waals surface area contributed by atoms with E-state index >= 15 is 0 Å². The number of Topliss-reactive ketones (excluding diaryl/α,β-unsaturated/α-hetero) is 2. The van der Waals surface area contributed by atoms with Gasteiger partial charge >= 0.3 is 24.8 Å². The topological polar surface area (TPSA) is 232 Å². The Morgan fingerprint density at radius 2 is 1.14 bits per heavy atom. The molecule has 4 aliphatic rings. The predicted molar refractivity (Wildman–Crippen MR) is 200 cm³/mol. The maximum absolute atomic E-state index is 12.4. The van der Waals surface area contributed by atoms with E-state index in [2.05, 4.69) is 9.47 Å². The molecule has 4 fully saturated rings. The average molecular weight is 862 g/mol. The Hall–Kier alpha value is -1.03. The molecule has 6 N–H and O–H groups in total. The maximum Gasteiger partial charge on any atom is 1.00 e. The molecule has 0 saturated carbocycles. The first-order valence-corrected chi connectivity index (χ1v) is 19.2. The second-order valence-corrected chi connectivity index (χ2v) is 14.1. The molecule has 0 amide bonds. The normalized spacial score (nSPS) is 25.4. The van der Waals surface area contributed by atoms with Crippen LogP contribution in [0.3, 0.4) is 0 Å². The van der Waals surface area contributed by atoms with Crippen molar-refractivity contribution in [2.24, 2.45) is 0 Å². The van der Waals surface area contributed by atoms with Crippen LogP contribution in [0.2, 0.25) is 0 Å². The van der Waals surface area contributed by atoms with E-state index in [1.54, 1.807) is 0 Å². The fraction of sp³-hybridized carbons (Fsp3) is 0.914. The molecule has 0 aromatic heterocycles. The van der Waals surface area contributed by atoms with Gasteiger partial charge in [0.05, 0.1) is 32.5 Å². The molecule has 4 saturated heterocycles. The van der Waals surface area contributed by atoms with Crippen LogP contribution in [0.5, 0.6) is 0 Å². The van der Waals surface area contributed by atoms with Crippen LogP contribution in [0.4, 0.5) is 20.4 Å². The van der Waals surface area contributed by atoms with Gasteiger partial charge in [0, 0.05) is 53.7 Å². The molecule has 0 aliphatic carbocycles. The van der Waals surface area contributed by atoms with Crippen molar-refractivity contribution in [2.75, 3.05) is 93.5 Å². The number of ether oxygens (including phenoxy) is 6. The van der Waals surface area contributed by atoms with Gasteiger partial charge in [-0.05, 0) is 84.5 Å². The number of nitrogens with zero attached hydrogens (tertiary/aromatic N) is 1. The van der Waals surface area contributed by atoms with Crippen LogP contribution in [0.25, 0.3) is 0 Å². The van der Waals surface area contributed by atoms with Crippen molar-refractivity contribution < 1.29 is 108 Å². The van der Waals surface area contributed by atoms with Crippen molar-refractivity contribution in [3.8, 4) is 0 Å². The molecule has 57 heavy (non-hydrogen) atoms. The molecule has 0 aromatic rings. The molecule has 15 nitrogen and oxygen atoms in total. The molecule has 22 heteroatoms. The van der Waals surface area contributed by atoms with Crippen molar-refractivity contribution in [1.82, 2.24) is 4.31 Å². The first-order chi connectivity index (χ1) is 25.1. The van der Waals surface area contributed by atoms with E-state index in [4.69, 9.17) is 34.3 Å². The van der Waals surface area contributed by atoms with Crippen molar-refractivity contribution in [3.05, 3.63) is 0 Å². The number of ketones is 2. The molecule has 4 heterocycles. The fourth-order valence-electron chi connectivity index (χ4n) is 5.37. The number of alkyl halides is 2.